The summed E-state index contributed by atoms with van der Waals surface area (Å²) >= 11 is 1.26. The third kappa shape index (κ3) is 20.0. The van der Waals surface area contributed by atoms with Gasteiger partial charge in [0.2, 0.25) is 53.2 Å². The number of amides is 9. The highest BCUT2D eigenvalue weighted by atomic mass is 32.1. The van der Waals surface area contributed by atoms with Gasteiger partial charge in [-0.05, 0) is 97.9 Å². The van der Waals surface area contributed by atoms with Crippen LogP contribution >= 0.6 is 11.3 Å². The zero-order valence-corrected chi connectivity index (χ0v) is 53.0. The van der Waals surface area contributed by atoms with E-state index < -0.39 is 139 Å². The summed E-state index contributed by atoms with van der Waals surface area (Å²) in [5.74, 6) is -8.59. The summed E-state index contributed by atoms with van der Waals surface area (Å²) in [6, 6.07) is 7.06. The lowest BCUT2D eigenvalue weighted by molar-refractivity contribution is -0.152. The fourth-order valence-electron chi connectivity index (χ4n) is 12.2. The number of likely N-dealkylation sites (tertiary alicyclic amines) is 2. The lowest BCUT2D eigenvalue weighted by Gasteiger charge is -2.41. The zero-order chi connectivity index (χ0) is 68.2. The maximum Gasteiger partial charge on any atom is 0.326 e. The fraction of sp³-hybridized carbons (Fsp3) is 0.525. The Balaban J connectivity index is 1.03. The molecule has 3 aromatic rings. The number of carbonyl (C=O) groups is 10. The van der Waals surface area contributed by atoms with Gasteiger partial charge in [-0.2, -0.15) is 0 Å². The lowest BCUT2D eigenvalue weighted by atomic mass is 9.92. The number of hydrogen-bond donors (Lipinski definition) is 15. The van der Waals surface area contributed by atoms with E-state index in [4.69, 9.17) is 40.1 Å². The molecule has 2 saturated heterocycles. The molecule has 22 N–H and O–H groups in total. The minimum Gasteiger partial charge on any atom is -0.480 e. The molecule has 4 aliphatic rings. The predicted molar refractivity (Wildman–Crippen MR) is 346 cm³/mol. The van der Waals surface area contributed by atoms with Gasteiger partial charge >= 0.3 is 5.97 Å². The van der Waals surface area contributed by atoms with E-state index in [0.29, 0.717) is 36.1 Å². The van der Waals surface area contributed by atoms with Gasteiger partial charge in [0.15, 0.2) is 17.9 Å². The van der Waals surface area contributed by atoms with Crippen LogP contribution in [0.5, 0.6) is 0 Å². The molecule has 2 aromatic carbocycles. The lowest BCUT2D eigenvalue weighted by Crippen LogP contribution is -2.62. The molecule has 9 amide bonds. The van der Waals surface area contributed by atoms with Crippen LogP contribution in [0.25, 0.3) is 0 Å². The largest absolute Gasteiger partial charge is 0.480 e. The number of carbonyl (C=O) groups excluding carboxylic acids is 9. The molecule has 0 bridgehead atoms. The highest BCUT2D eigenvalue weighted by Gasteiger charge is 2.47. The van der Waals surface area contributed by atoms with Gasteiger partial charge in [-0.15, -0.1) is 11.3 Å². The second-order valence-corrected chi connectivity index (χ2v) is 24.7. The minimum atomic E-state index is -1.70. The van der Waals surface area contributed by atoms with E-state index in [9.17, 15) is 53.7 Å². The van der Waals surface area contributed by atoms with Crippen LogP contribution in [0.4, 0.5) is 0 Å². The summed E-state index contributed by atoms with van der Waals surface area (Å²) in [5.41, 5.74) is 42.1. The Hall–Kier alpha value is -9.47. The zero-order valence-electron chi connectivity index (χ0n) is 52.2. The predicted octanol–water partition coefficient (Wildman–Crippen LogP) is -5.19. The molecule has 510 valence electrons. The number of nitrogens with one attached hydrogen (secondary N) is 5. The SMILES string of the molecule is NC(N)=NCCC[C@@H](N)C(=O)N[C@@H](CCCN=C(N)N)C(=O)N1CCC[C@H]1C(=O)N1C[C@H](O)C[C@H]1C(=O)NCC(=O)N[C@@H](Cc1cccs1)C(=O)N[C@@H](CO)C(=O)N1Cc2ccccc2C[C@@H]1C(=O)N(CC(=O)N[C@@H](CCCN=C(N)N)C(=O)O)C1Cc2ccccc2C1. The van der Waals surface area contributed by atoms with Crippen molar-refractivity contribution in [1.82, 2.24) is 46.2 Å². The van der Waals surface area contributed by atoms with Gasteiger partial charge in [-0.25, -0.2) is 4.79 Å². The number of β-amino-alcohol motifs (C(OH)–C–C–N with tert-alkyl or cyclic N) is 1. The Bertz CT molecular complexity index is 3260. The molecule has 9 atom stereocenters. The molecule has 2 fully saturated rings. The molecule has 1 aromatic heterocycles. The number of aliphatic hydroxyl groups excluding tert-OH is 2. The van der Waals surface area contributed by atoms with Crippen LogP contribution in [0, 0.1) is 0 Å². The second-order valence-electron chi connectivity index (χ2n) is 23.7. The third-order valence-electron chi connectivity index (χ3n) is 16.9. The Labute approximate surface area is 546 Å². The number of aliphatic hydroxyl groups is 2. The van der Waals surface area contributed by atoms with Crippen molar-refractivity contribution in [2.45, 2.75) is 150 Å². The van der Waals surface area contributed by atoms with Crippen LogP contribution < -0.4 is 66.7 Å². The molecule has 32 nitrogen and oxygen atoms in total. The number of hydrogen-bond acceptors (Lipinski definition) is 17. The number of fused-ring (bicyclic) bond motifs is 2. The Kier molecular flexibility index (Phi) is 26.4. The van der Waals surface area contributed by atoms with Crippen LogP contribution in [-0.4, -0.2) is 225 Å². The molecule has 0 saturated carbocycles. The van der Waals surface area contributed by atoms with Crippen molar-refractivity contribution in [2.24, 2.45) is 55.1 Å². The number of nitrogens with two attached hydrogens (primary N) is 7. The van der Waals surface area contributed by atoms with Gasteiger partial charge in [0.05, 0.1) is 31.8 Å². The standard InChI is InChI=1S/C61H87N19O13S/c62-41(15-5-19-69-59(63)64)51(85)75-42(16-6-20-70-60(65)66)54(88)77-22-8-18-46(77)56(90)80-31-39(82)27-47(80)53(87)72-29-49(83)74-44(28-40-14-9-23-94-40)52(86)76-45(33-81)55(89)79-30-37-13-4-3-12-36(37)26-48(79)57(91)78(38-24-34-10-1-2-11-35(34)25-38)32-50(84)73-43(58(92)93)17-7-21-71-61(67)68/h1-4,9-14,23,38-39,41-48,81-82H,5-8,15-22,24-33,62H2,(H,72,87)(H,73,84)(H,74,83)(H,75,85)(H,76,86)(H,92,93)(H4,63,64,69)(H4,65,66,70)(H4,67,68,71)/t39-,41-,42+,43+,44+,45+,46+,47+,48-/m1/s1. The fourth-order valence-corrected chi connectivity index (χ4v) is 12.9. The number of benzene rings is 2. The third-order valence-corrected chi connectivity index (χ3v) is 17.8. The molecule has 33 heteroatoms. The number of aliphatic carboxylic acids is 1. The van der Waals surface area contributed by atoms with E-state index in [1.165, 1.54) is 26.0 Å². The minimum absolute atomic E-state index is 0.0325. The van der Waals surface area contributed by atoms with Crippen molar-refractivity contribution in [3.8, 4) is 0 Å². The Morgan fingerprint density at radius 1 is 0.628 bits per heavy atom. The van der Waals surface area contributed by atoms with Crippen LogP contribution in [0.1, 0.15) is 84.9 Å². The van der Waals surface area contributed by atoms with Gasteiger partial charge in [-0.1, -0.05) is 54.6 Å². The quantitative estimate of drug-likeness (QED) is 0.0158. The second kappa shape index (κ2) is 34.4. The highest BCUT2D eigenvalue weighted by molar-refractivity contribution is 7.09. The molecule has 0 radical (unpaired) electrons. The molecule has 94 heavy (non-hydrogen) atoms. The van der Waals surface area contributed by atoms with Crippen molar-refractivity contribution < 1.29 is 63.3 Å². The van der Waals surface area contributed by atoms with E-state index in [1.807, 2.05) is 24.3 Å². The molecule has 1 aliphatic carbocycles. The van der Waals surface area contributed by atoms with Crippen LogP contribution in [0.15, 0.2) is 81.0 Å². The molecule has 0 unspecified atom stereocenters. The van der Waals surface area contributed by atoms with Crippen molar-refractivity contribution in [3.05, 3.63) is 93.2 Å². The number of carboxylic acid groups (broad SMARTS) is 1. The van der Waals surface area contributed by atoms with Crippen LogP contribution in [0.2, 0.25) is 0 Å². The molecule has 7 rings (SSSR count). The van der Waals surface area contributed by atoms with Gasteiger partial charge in [-0.3, -0.25) is 58.1 Å². The summed E-state index contributed by atoms with van der Waals surface area (Å²) < 4.78 is 0. The Morgan fingerprint density at radius 2 is 1.19 bits per heavy atom. The average Bonchev–Trinajstić information content (AvgIpc) is 1.23. The topological polar surface area (TPSA) is 524 Å². The van der Waals surface area contributed by atoms with Gasteiger partial charge < -0.3 is 102 Å². The molecule has 0 spiro atoms. The number of thiophene rings is 1. The summed E-state index contributed by atoms with van der Waals surface area (Å²) in [4.78, 5) is 159. The monoisotopic (exact) mass is 1330 g/mol. The summed E-state index contributed by atoms with van der Waals surface area (Å²) in [6.07, 6.45) is 0.762. The first-order chi connectivity index (χ1) is 44.9. The first-order valence-corrected chi connectivity index (χ1v) is 32.1. The molecule has 4 heterocycles. The summed E-state index contributed by atoms with van der Waals surface area (Å²) in [6.45, 7) is -2.15. The van der Waals surface area contributed by atoms with E-state index in [1.54, 1.807) is 41.8 Å². The van der Waals surface area contributed by atoms with Crippen LogP contribution in [-0.2, 0) is 80.2 Å². The van der Waals surface area contributed by atoms with Crippen molar-refractivity contribution in [3.63, 3.8) is 0 Å². The average molecular weight is 1330 g/mol. The van der Waals surface area contributed by atoms with Crippen LogP contribution in [0.3, 0.4) is 0 Å². The van der Waals surface area contributed by atoms with Gasteiger partial charge in [0, 0.05) is 69.4 Å². The van der Waals surface area contributed by atoms with Crippen molar-refractivity contribution in [1.29, 1.82) is 0 Å². The number of carboxylic acids is 1. The number of aliphatic imine (C=N–C) groups is 3. The summed E-state index contributed by atoms with van der Waals surface area (Å²) in [5, 5.41) is 46.6. The normalized spacial score (nSPS) is 18.9. The van der Waals surface area contributed by atoms with Crippen molar-refractivity contribution >= 4 is 88.3 Å². The number of guanidine groups is 3. The maximum atomic E-state index is 15.3. The van der Waals surface area contributed by atoms with E-state index in [2.05, 4.69) is 41.6 Å². The first-order valence-electron chi connectivity index (χ1n) is 31.2. The smallest absolute Gasteiger partial charge is 0.326 e. The van der Waals surface area contributed by atoms with Crippen molar-refractivity contribution in [2.75, 3.05) is 52.4 Å². The maximum absolute atomic E-state index is 15.3. The molecular formula is C61H87N19O13S. The summed E-state index contributed by atoms with van der Waals surface area (Å²) in [7, 11) is 0. The number of rotatable bonds is 32. The number of nitrogens with zero attached hydrogens (tertiary/aromatic N) is 7. The Morgan fingerprint density at radius 3 is 1.78 bits per heavy atom. The highest BCUT2D eigenvalue weighted by Crippen LogP contribution is 2.31. The molecule has 3 aliphatic heterocycles. The van der Waals surface area contributed by atoms with Gasteiger partial charge in [0.25, 0.3) is 0 Å². The van der Waals surface area contributed by atoms with E-state index in [-0.39, 0.29) is 115 Å². The first kappa shape index (κ1) is 72.0. The van der Waals surface area contributed by atoms with Gasteiger partial charge in [0.1, 0.15) is 42.3 Å². The molecular weight excluding hydrogens is 1240 g/mol. The van der Waals surface area contributed by atoms with E-state index >= 15 is 9.59 Å². The van der Waals surface area contributed by atoms with E-state index in [0.717, 1.165) is 21.6 Å².